The van der Waals surface area contributed by atoms with Crippen LogP contribution in [0.4, 0.5) is 0 Å². The highest BCUT2D eigenvalue weighted by Crippen LogP contribution is 2.24. The van der Waals surface area contributed by atoms with Gasteiger partial charge in [-0.05, 0) is 49.1 Å². The zero-order valence-electron chi connectivity index (χ0n) is 18.0. The molecule has 7 nitrogen and oxygen atoms in total. The Balaban J connectivity index is 1.73. The smallest absolute Gasteiger partial charge is 0.337 e. The molecule has 5 rings (SSSR count). The minimum Gasteiger partial charge on any atom is -0.376 e. The van der Waals surface area contributed by atoms with E-state index in [9.17, 15) is 9.59 Å². The van der Waals surface area contributed by atoms with E-state index in [1.807, 2.05) is 37.3 Å². The van der Waals surface area contributed by atoms with E-state index in [0.717, 1.165) is 24.0 Å². The van der Waals surface area contributed by atoms with Gasteiger partial charge in [0.05, 0.1) is 34.7 Å². The maximum absolute atomic E-state index is 13.6. The van der Waals surface area contributed by atoms with Crippen LogP contribution in [0.3, 0.4) is 0 Å². The third kappa shape index (κ3) is 4.01. The molecule has 2 aromatic carbocycles. The van der Waals surface area contributed by atoms with Crippen LogP contribution in [0, 0.1) is 6.92 Å². The van der Waals surface area contributed by atoms with Crippen LogP contribution in [0.25, 0.3) is 16.9 Å². The molecule has 1 fully saturated rings. The highest BCUT2D eigenvalue weighted by atomic mass is 35.5. The van der Waals surface area contributed by atoms with Crippen molar-refractivity contribution in [1.82, 2.24) is 18.7 Å². The monoisotopic (exact) mass is 484 g/mol. The molecule has 0 amide bonds. The Hall–Kier alpha value is -2.87. The normalized spacial score (nSPS) is 16.0. The lowest BCUT2D eigenvalue weighted by atomic mass is 10.2. The molecule has 9 heteroatoms. The highest BCUT2D eigenvalue weighted by molar-refractivity contribution is 6.42. The summed E-state index contributed by atoms with van der Waals surface area (Å²) in [6.45, 7) is 3.13. The van der Waals surface area contributed by atoms with Crippen LogP contribution in [0.1, 0.15) is 24.0 Å². The molecule has 0 aliphatic carbocycles. The third-order valence-corrected chi connectivity index (χ3v) is 6.74. The van der Waals surface area contributed by atoms with Gasteiger partial charge in [-0.2, -0.15) is 0 Å². The zero-order valence-corrected chi connectivity index (χ0v) is 19.5. The lowest BCUT2D eigenvalue weighted by Gasteiger charge is -2.16. The quantitative estimate of drug-likeness (QED) is 0.425. The molecular weight excluding hydrogens is 463 g/mol. The fourth-order valence-electron chi connectivity index (χ4n) is 4.32. The van der Waals surface area contributed by atoms with Gasteiger partial charge in [0.2, 0.25) is 0 Å². The first-order chi connectivity index (χ1) is 15.9. The SMILES string of the molecule is Cc1ccccc1-n1c(=O)n(C[C@H]2CCCO2)c(=O)c2c1ncn2Cc1ccc(Cl)c(Cl)c1. The van der Waals surface area contributed by atoms with Gasteiger partial charge in [-0.15, -0.1) is 0 Å². The molecule has 1 saturated heterocycles. The number of ether oxygens (including phenoxy) is 1. The number of para-hydroxylation sites is 1. The summed E-state index contributed by atoms with van der Waals surface area (Å²) in [4.78, 5) is 31.7. The summed E-state index contributed by atoms with van der Waals surface area (Å²) in [6, 6.07) is 12.9. The molecule has 4 aromatic rings. The Morgan fingerprint density at radius 2 is 1.94 bits per heavy atom. The minimum atomic E-state index is -0.419. The molecule has 33 heavy (non-hydrogen) atoms. The van der Waals surface area contributed by atoms with Crippen LogP contribution in [-0.4, -0.2) is 31.4 Å². The van der Waals surface area contributed by atoms with Gasteiger partial charge in [0.15, 0.2) is 11.2 Å². The Labute approximate surface area is 199 Å². The van der Waals surface area contributed by atoms with Gasteiger partial charge in [0, 0.05) is 13.2 Å². The topological polar surface area (TPSA) is 71.1 Å². The van der Waals surface area contributed by atoms with Crippen LogP contribution in [0.5, 0.6) is 0 Å². The van der Waals surface area contributed by atoms with E-state index in [0.29, 0.717) is 40.0 Å². The summed E-state index contributed by atoms with van der Waals surface area (Å²) in [5.74, 6) is 0. The summed E-state index contributed by atoms with van der Waals surface area (Å²) in [7, 11) is 0. The predicted molar refractivity (Wildman–Crippen MR) is 129 cm³/mol. The van der Waals surface area contributed by atoms with E-state index in [-0.39, 0.29) is 18.2 Å². The number of hydrogen-bond acceptors (Lipinski definition) is 4. The fourth-order valence-corrected chi connectivity index (χ4v) is 4.64. The van der Waals surface area contributed by atoms with Crippen LogP contribution >= 0.6 is 23.2 Å². The molecule has 1 aliphatic rings. The highest BCUT2D eigenvalue weighted by Gasteiger charge is 2.24. The van der Waals surface area contributed by atoms with Gasteiger partial charge in [0.1, 0.15) is 0 Å². The average Bonchev–Trinajstić information content (AvgIpc) is 3.45. The number of halogens is 2. The second kappa shape index (κ2) is 8.82. The van der Waals surface area contributed by atoms with Crippen molar-refractivity contribution in [3.8, 4) is 5.69 Å². The average molecular weight is 485 g/mol. The van der Waals surface area contributed by atoms with E-state index in [4.69, 9.17) is 27.9 Å². The Bertz CT molecular complexity index is 1470. The second-order valence-corrected chi connectivity index (χ2v) is 9.06. The summed E-state index contributed by atoms with van der Waals surface area (Å²) in [5.41, 5.74) is 2.33. The lowest BCUT2D eigenvalue weighted by Crippen LogP contribution is -2.42. The first-order valence-corrected chi connectivity index (χ1v) is 11.5. The number of rotatable bonds is 5. The number of nitrogens with zero attached hydrogens (tertiary/aromatic N) is 4. The summed E-state index contributed by atoms with van der Waals surface area (Å²) < 4.78 is 10.3. The summed E-state index contributed by atoms with van der Waals surface area (Å²) in [5, 5.41) is 0.898. The first-order valence-electron chi connectivity index (χ1n) is 10.8. The molecule has 1 aliphatic heterocycles. The largest absolute Gasteiger partial charge is 0.376 e. The van der Waals surface area contributed by atoms with Crippen molar-refractivity contribution in [1.29, 1.82) is 0 Å². The fraction of sp³-hybridized carbons (Fsp3) is 0.292. The van der Waals surface area contributed by atoms with Crippen LogP contribution < -0.4 is 11.2 Å². The molecule has 0 spiro atoms. The number of benzene rings is 2. The van der Waals surface area contributed by atoms with Crippen molar-refractivity contribution < 1.29 is 4.74 Å². The van der Waals surface area contributed by atoms with Crippen LogP contribution in [0.15, 0.2) is 58.4 Å². The molecule has 0 unspecified atom stereocenters. The van der Waals surface area contributed by atoms with Gasteiger partial charge in [-0.25, -0.2) is 14.3 Å². The van der Waals surface area contributed by atoms with Gasteiger partial charge >= 0.3 is 5.69 Å². The maximum Gasteiger partial charge on any atom is 0.337 e. The Morgan fingerprint density at radius 1 is 1.12 bits per heavy atom. The van der Waals surface area contributed by atoms with E-state index >= 15 is 0 Å². The molecule has 0 N–H and O–H groups in total. The van der Waals surface area contributed by atoms with Crippen molar-refractivity contribution in [2.45, 2.75) is 39.0 Å². The number of aryl methyl sites for hydroxylation is 1. The van der Waals surface area contributed by atoms with Gasteiger partial charge < -0.3 is 9.30 Å². The van der Waals surface area contributed by atoms with Gasteiger partial charge in [-0.3, -0.25) is 9.36 Å². The van der Waals surface area contributed by atoms with E-state index < -0.39 is 5.69 Å². The zero-order chi connectivity index (χ0) is 23.1. The minimum absolute atomic E-state index is 0.162. The van der Waals surface area contributed by atoms with Crippen molar-refractivity contribution >= 4 is 34.4 Å². The molecular formula is C24H22Cl2N4O3. The Morgan fingerprint density at radius 3 is 2.67 bits per heavy atom. The van der Waals surface area contributed by atoms with Crippen molar-refractivity contribution in [3.05, 3.63) is 90.8 Å². The molecule has 2 aromatic heterocycles. The number of aromatic nitrogens is 4. The molecule has 0 bridgehead atoms. The van der Waals surface area contributed by atoms with Crippen LogP contribution in [0.2, 0.25) is 10.0 Å². The third-order valence-electron chi connectivity index (χ3n) is 6.00. The van der Waals surface area contributed by atoms with E-state index in [1.54, 1.807) is 23.0 Å². The number of hydrogen-bond donors (Lipinski definition) is 0. The maximum atomic E-state index is 13.6. The van der Waals surface area contributed by atoms with Gasteiger partial charge in [0.25, 0.3) is 5.56 Å². The standard InChI is InChI=1S/C24H22Cl2N4O3/c1-15-5-2-3-7-20(15)30-22-21(23(31)29(24(30)32)13-17-6-4-10-33-17)28(14-27-22)12-16-8-9-18(25)19(26)11-16/h2-3,5,7-9,11,14,17H,4,6,10,12-13H2,1H3/t17-/m1/s1. The van der Waals surface area contributed by atoms with Crippen molar-refractivity contribution in [2.75, 3.05) is 6.61 Å². The number of fused-ring (bicyclic) bond motifs is 1. The summed E-state index contributed by atoms with van der Waals surface area (Å²) >= 11 is 12.2. The van der Waals surface area contributed by atoms with Crippen molar-refractivity contribution in [2.24, 2.45) is 0 Å². The van der Waals surface area contributed by atoms with E-state index in [2.05, 4.69) is 4.98 Å². The lowest BCUT2D eigenvalue weighted by molar-refractivity contribution is 0.0950. The molecule has 170 valence electrons. The predicted octanol–water partition coefficient (Wildman–Crippen LogP) is 4.19. The number of imidazole rings is 1. The second-order valence-electron chi connectivity index (χ2n) is 8.25. The van der Waals surface area contributed by atoms with Crippen molar-refractivity contribution in [3.63, 3.8) is 0 Å². The Kier molecular flexibility index (Phi) is 5.86. The molecule has 0 radical (unpaired) electrons. The molecule has 3 heterocycles. The van der Waals surface area contributed by atoms with Gasteiger partial charge in [-0.1, -0.05) is 47.5 Å². The summed E-state index contributed by atoms with van der Waals surface area (Å²) in [6.07, 6.45) is 3.16. The van der Waals surface area contributed by atoms with E-state index in [1.165, 1.54) is 9.13 Å². The first kappa shape index (κ1) is 21.9. The molecule has 0 saturated carbocycles. The van der Waals surface area contributed by atoms with Crippen LogP contribution in [-0.2, 0) is 17.8 Å². The molecule has 1 atom stereocenters.